The maximum absolute atomic E-state index is 12.2. The first-order valence-corrected chi connectivity index (χ1v) is 7.68. The van der Waals surface area contributed by atoms with Gasteiger partial charge in [0, 0.05) is 13.6 Å². The second kappa shape index (κ2) is 6.05. The third-order valence-corrected chi connectivity index (χ3v) is 4.33. The van der Waals surface area contributed by atoms with E-state index in [1.165, 1.54) is 5.56 Å². The fourth-order valence-corrected chi connectivity index (χ4v) is 3.11. The number of aryl methyl sites for hydroxylation is 2. The first kappa shape index (κ1) is 14.5. The molecule has 0 aliphatic carbocycles. The van der Waals surface area contributed by atoms with Crippen LogP contribution in [0.1, 0.15) is 21.5 Å². The zero-order valence-corrected chi connectivity index (χ0v) is 14.4. The lowest BCUT2D eigenvalue weighted by Gasteiger charge is -2.09. The van der Waals surface area contributed by atoms with E-state index in [2.05, 4.69) is 43.8 Å². The predicted molar refractivity (Wildman–Crippen MR) is 90.7 cm³/mol. The van der Waals surface area contributed by atoms with E-state index in [9.17, 15) is 4.79 Å². The molecule has 98 valence electrons. The molecule has 0 unspecified atom stereocenters. The topological polar surface area (TPSA) is 29.1 Å². The highest BCUT2D eigenvalue weighted by atomic mass is 127. The molecule has 0 saturated heterocycles. The van der Waals surface area contributed by atoms with Gasteiger partial charge in [0.1, 0.15) is 0 Å². The van der Waals surface area contributed by atoms with Crippen molar-refractivity contribution in [2.45, 2.75) is 13.8 Å². The van der Waals surface area contributed by atoms with Gasteiger partial charge in [-0.25, -0.2) is 0 Å². The summed E-state index contributed by atoms with van der Waals surface area (Å²) in [7, 11) is 0. The number of carbonyl (C=O) groups is 1. The molecule has 2 aromatic carbocycles. The Morgan fingerprint density at radius 3 is 2.47 bits per heavy atom. The molecule has 0 radical (unpaired) electrons. The van der Waals surface area contributed by atoms with Crippen molar-refractivity contribution < 1.29 is 4.79 Å². The summed E-state index contributed by atoms with van der Waals surface area (Å²) in [6.45, 7) is 4.05. The van der Waals surface area contributed by atoms with Crippen molar-refractivity contribution in [3.8, 4) is 0 Å². The Morgan fingerprint density at radius 1 is 1.11 bits per heavy atom. The van der Waals surface area contributed by atoms with E-state index >= 15 is 0 Å². The Balaban J connectivity index is 2.23. The molecule has 2 aromatic rings. The number of carbonyl (C=O) groups excluding carboxylic acids is 1. The van der Waals surface area contributed by atoms with Gasteiger partial charge in [0.05, 0.1) is 5.69 Å². The van der Waals surface area contributed by atoms with E-state index in [1.54, 1.807) is 0 Å². The Labute approximate surface area is 134 Å². The maximum atomic E-state index is 12.2. The Bertz CT molecular complexity index is 640. The Kier molecular flexibility index (Phi) is 4.62. The van der Waals surface area contributed by atoms with Crippen molar-refractivity contribution >= 4 is 50.1 Å². The summed E-state index contributed by atoms with van der Waals surface area (Å²) >= 11 is 5.61. The summed E-state index contributed by atoms with van der Waals surface area (Å²) < 4.78 is 2.00. The van der Waals surface area contributed by atoms with Crippen LogP contribution in [0.3, 0.4) is 0 Å². The van der Waals surface area contributed by atoms with Crippen molar-refractivity contribution in [2.75, 3.05) is 5.32 Å². The van der Waals surface area contributed by atoms with Gasteiger partial charge >= 0.3 is 0 Å². The van der Waals surface area contributed by atoms with Gasteiger partial charge in [0.15, 0.2) is 0 Å². The van der Waals surface area contributed by atoms with E-state index in [1.807, 2.05) is 50.2 Å². The van der Waals surface area contributed by atoms with Gasteiger partial charge < -0.3 is 5.32 Å². The number of hydrogen-bond donors (Lipinski definition) is 1. The third-order valence-electron chi connectivity index (χ3n) is 2.95. The van der Waals surface area contributed by atoms with Crippen LogP contribution in [0.5, 0.6) is 0 Å². The number of nitrogens with one attached hydrogen (secondary N) is 1. The molecule has 2 rings (SSSR count). The molecule has 0 aliphatic rings. The van der Waals surface area contributed by atoms with Crippen LogP contribution in [0, 0.1) is 17.4 Å². The molecule has 0 aliphatic heterocycles. The molecule has 2 nitrogen and oxygen atoms in total. The molecule has 0 heterocycles. The lowest BCUT2D eigenvalue weighted by molar-refractivity contribution is 0.102. The van der Waals surface area contributed by atoms with Crippen molar-refractivity contribution in [1.82, 2.24) is 0 Å². The highest BCUT2D eigenvalue weighted by Crippen LogP contribution is 2.23. The number of rotatable bonds is 2. The number of hydrogen-bond acceptors (Lipinski definition) is 1. The number of anilines is 1. The van der Waals surface area contributed by atoms with E-state index in [-0.39, 0.29) is 5.91 Å². The largest absolute Gasteiger partial charge is 0.321 e. The van der Waals surface area contributed by atoms with Gasteiger partial charge in [0.25, 0.3) is 5.91 Å². The fraction of sp³-hybridized carbons (Fsp3) is 0.133. The first-order valence-electron chi connectivity index (χ1n) is 5.81. The molecule has 4 heteroatoms. The average Bonchev–Trinajstić information content (AvgIpc) is 2.36. The average molecular weight is 430 g/mol. The van der Waals surface area contributed by atoms with Crippen LogP contribution in [0.25, 0.3) is 0 Å². The molecule has 0 spiro atoms. The lowest BCUT2D eigenvalue weighted by atomic mass is 10.1. The summed E-state index contributed by atoms with van der Waals surface area (Å²) in [5, 5.41) is 2.93. The van der Waals surface area contributed by atoms with Crippen molar-refractivity contribution in [3.63, 3.8) is 0 Å². The number of amides is 1. The standard InChI is InChI=1S/C15H13BrINO/c1-9-3-4-11(7-10(9)2)15(19)18-14-6-5-12(16)8-13(14)17/h3-8H,1-2H3,(H,18,19). The minimum absolute atomic E-state index is 0.0802. The van der Waals surface area contributed by atoms with Crippen molar-refractivity contribution in [1.29, 1.82) is 0 Å². The third kappa shape index (κ3) is 3.57. The quantitative estimate of drug-likeness (QED) is 0.674. The normalized spacial score (nSPS) is 10.3. The minimum Gasteiger partial charge on any atom is -0.321 e. The minimum atomic E-state index is -0.0802. The molecule has 0 atom stereocenters. The van der Waals surface area contributed by atoms with E-state index in [0.717, 1.165) is 19.3 Å². The molecule has 0 fully saturated rings. The van der Waals surface area contributed by atoms with E-state index in [4.69, 9.17) is 0 Å². The van der Waals surface area contributed by atoms with E-state index < -0.39 is 0 Å². The fourth-order valence-electron chi connectivity index (χ4n) is 1.67. The Hall–Kier alpha value is -0.880. The van der Waals surface area contributed by atoms with Crippen molar-refractivity contribution in [3.05, 3.63) is 61.1 Å². The predicted octanol–water partition coefficient (Wildman–Crippen LogP) is 4.92. The molecular formula is C15H13BrINO. The van der Waals surface area contributed by atoms with Gasteiger partial charge in [-0.3, -0.25) is 4.79 Å². The molecule has 1 amide bonds. The number of halogens is 2. The van der Waals surface area contributed by atoms with Gasteiger partial charge in [-0.05, 0) is 77.9 Å². The summed E-state index contributed by atoms with van der Waals surface area (Å²) in [5.74, 6) is -0.0802. The zero-order chi connectivity index (χ0) is 14.0. The first-order chi connectivity index (χ1) is 8.97. The van der Waals surface area contributed by atoms with Crippen LogP contribution in [0.2, 0.25) is 0 Å². The SMILES string of the molecule is Cc1ccc(C(=O)Nc2ccc(Br)cc2I)cc1C. The highest BCUT2D eigenvalue weighted by Gasteiger charge is 2.09. The smallest absolute Gasteiger partial charge is 0.255 e. The van der Waals surface area contributed by atoms with Gasteiger partial charge in [0.2, 0.25) is 0 Å². The number of benzene rings is 2. The molecule has 0 aromatic heterocycles. The molecule has 19 heavy (non-hydrogen) atoms. The zero-order valence-electron chi connectivity index (χ0n) is 10.6. The van der Waals surface area contributed by atoms with Gasteiger partial charge in [-0.15, -0.1) is 0 Å². The monoisotopic (exact) mass is 429 g/mol. The second-order valence-corrected chi connectivity index (χ2v) is 6.46. The van der Waals surface area contributed by atoms with Crippen LogP contribution in [0.4, 0.5) is 5.69 Å². The molecule has 0 bridgehead atoms. The van der Waals surface area contributed by atoms with Crippen molar-refractivity contribution in [2.24, 2.45) is 0 Å². The van der Waals surface area contributed by atoms with E-state index in [0.29, 0.717) is 5.56 Å². The molecular weight excluding hydrogens is 417 g/mol. The lowest BCUT2D eigenvalue weighted by Crippen LogP contribution is -2.13. The summed E-state index contributed by atoms with van der Waals surface area (Å²) in [6, 6.07) is 11.5. The van der Waals surface area contributed by atoms with Crippen LogP contribution in [-0.2, 0) is 0 Å². The van der Waals surface area contributed by atoms with Gasteiger partial charge in [-0.1, -0.05) is 22.0 Å². The summed E-state index contributed by atoms with van der Waals surface area (Å²) in [6.07, 6.45) is 0. The summed E-state index contributed by atoms with van der Waals surface area (Å²) in [4.78, 5) is 12.2. The summed E-state index contributed by atoms with van der Waals surface area (Å²) in [5.41, 5.74) is 3.82. The second-order valence-electron chi connectivity index (χ2n) is 4.38. The molecule has 0 saturated carbocycles. The van der Waals surface area contributed by atoms with Crippen LogP contribution >= 0.6 is 38.5 Å². The maximum Gasteiger partial charge on any atom is 0.255 e. The van der Waals surface area contributed by atoms with Crippen LogP contribution in [0.15, 0.2) is 40.9 Å². The molecule has 1 N–H and O–H groups in total. The Morgan fingerprint density at radius 2 is 1.84 bits per heavy atom. The van der Waals surface area contributed by atoms with Crippen LogP contribution in [-0.4, -0.2) is 5.91 Å². The van der Waals surface area contributed by atoms with Gasteiger partial charge in [-0.2, -0.15) is 0 Å². The van der Waals surface area contributed by atoms with Crippen LogP contribution < -0.4 is 5.32 Å². The highest BCUT2D eigenvalue weighted by molar-refractivity contribution is 14.1.